The molecule has 0 bridgehead atoms. The molecule has 0 radical (unpaired) electrons. The molecular formula is C14H24N2O4. The van der Waals surface area contributed by atoms with Crippen LogP contribution in [-0.4, -0.2) is 54.3 Å². The highest BCUT2D eigenvalue weighted by Gasteiger charge is 2.40. The van der Waals surface area contributed by atoms with E-state index in [1.165, 1.54) is 0 Å². The quantitative estimate of drug-likeness (QED) is 0.756. The summed E-state index contributed by atoms with van der Waals surface area (Å²) in [5, 5.41) is 2.80. The first kappa shape index (κ1) is 15.3. The first-order valence-electron chi connectivity index (χ1n) is 7.16. The molecule has 6 heteroatoms. The molecule has 114 valence electrons. The molecule has 2 heterocycles. The smallest absolute Gasteiger partial charge is 0.232 e. The van der Waals surface area contributed by atoms with Crippen LogP contribution in [-0.2, 0) is 19.1 Å². The molecule has 1 spiro atoms. The highest BCUT2D eigenvalue weighted by molar-refractivity contribution is 5.97. The van der Waals surface area contributed by atoms with Gasteiger partial charge in [0.05, 0.1) is 13.2 Å². The minimum absolute atomic E-state index is 0.0913. The number of piperidine rings is 1. The van der Waals surface area contributed by atoms with Crippen molar-refractivity contribution in [3.8, 4) is 0 Å². The van der Waals surface area contributed by atoms with Crippen molar-refractivity contribution in [2.75, 3.05) is 26.3 Å². The molecule has 2 aliphatic heterocycles. The minimum atomic E-state index is -0.482. The molecule has 2 rings (SSSR count). The van der Waals surface area contributed by atoms with E-state index < -0.39 is 5.79 Å². The second-order valence-electron chi connectivity index (χ2n) is 6.46. The van der Waals surface area contributed by atoms with E-state index in [1.807, 2.05) is 20.8 Å². The lowest BCUT2D eigenvalue weighted by atomic mass is 10.0. The lowest BCUT2D eigenvalue weighted by molar-refractivity contribution is -0.187. The average molecular weight is 284 g/mol. The molecule has 0 atom stereocenters. The van der Waals surface area contributed by atoms with Gasteiger partial charge in [-0.2, -0.15) is 0 Å². The van der Waals surface area contributed by atoms with Gasteiger partial charge in [-0.15, -0.1) is 0 Å². The lowest BCUT2D eigenvalue weighted by Gasteiger charge is -2.37. The molecule has 2 saturated heterocycles. The Kier molecular flexibility index (Phi) is 4.34. The number of carbonyl (C=O) groups is 2. The van der Waals surface area contributed by atoms with Gasteiger partial charge in [0.25, 0.3) is 0 Å². The first-order valence-corrected chi connectivity index (χ1v) is 7.16. The molecule has 0 aromatic heterocycles. The molecule has 1 N–H and O–H groups in total. The zero-order valence-corrected chi connectivity index (χ0v) is 12.5. The van der Waals surface area contributed by atoms with Crippen molar-refractivity contribution in [3.63, 3.8) is 0 Å². The second-order valence-corrected chi connectivity index (χ2v) is 6.46. The van der Waals surface area contributed by atoms with Crippen molar-refractivity contribution >= 4 is 11.8 Å². The van der Waals surface area contributed by atoms with Crippen LogP contribution in [0.5, 0.6) is 0 Å². The largest absolute Gasteiger partial charge is 0.351 e. The molecule has 0 aromatic carbocycles. The van der Waals surface area contributed by atoms with E-state index in [0.717, 1.165) is 0 Å². The topological polar surface area (TPSA) is 67.9 Å². The molecule has 2 aliphatic rings. The molecular weight excluding hydrogens is 260 g/mol. The Hall–Kier alpha value is -1.14. The summed E-state index contributed by atoms with van der Waals surface area (Å²) in [5.41, 5.74) is -0.311. The molecule has 6 nitrogen and oxygen atoms in total. The van der Waals surface area contributed by atoms with Crippen molar-refractivity contribution in [1.82, 2.24) is 10.2 Å². The van der Waals surface area contributed by atoms with Gasteiger partial charge in [0.1, 0.15) is 6.42 Å². The minimum Gasteiger partial charge on any atom is -0.351 e. The Balaban J connectivity index is 1.78. The monoisotopic (exact) mass is 284 g/mol. The fourth-order valence-corrected chi connectivity index (χ4v) is 2.59. The number of nitrogens with zero attached hydrogens (tertiary/aromatic N) is 1. The summed E-state index contributed by atoms with van der Waals surface area (Å²) in [7, 11) is 0. The summed E-state index contributed by atoms with van der Waals surface area (Å²) in [6.07, 6.45) is 1.27. The second kappa shape index (κ2) is 5.69. The van der Waals surface area contributed by atoms with Gasteiger partial charge < -0.3 is 19.7 Å². The van der Waals surface area contributed by atoms with Gasteiger partial charge in [0.2, 0.25) is 11.8 Å². The van der Waals surface area contributed by atoms with Gasteiger partial charge in [-0.3, -0.25) is 9.59 Å². The predicted octanol–water partition coefficient (Wildman–Crippen LogP) is 0.657. The number of hydrogen-bond acceptors (Lipinski definition) is 4. The van der Waals surface area contributed by atoms with Gasteiger partial charge in [0, 0.05) is 31.5 Å². The average Bonchev–Trinajstić information content (AvgIpc) is 2.75. The summed E-state index contributed by atoms with van der Waals surface area (Å²) in [6.45, 7) is 8.12. The maximum absolute atomic E-state index is 12.1. The van der Waals surface area contributed by atoms with E-state index in [1.54, 1.807) is 4.90 Å². The van der Waals surface area contributed by atoms with Gasteiger partial charge in [-0.25, -0.2) is 0 Å². The summed E-state index contributed by atoms with van der Waals surface area (Å²) in [6, 6.07) is 0. The number of rotatable bonds is 2. The van der Waals surface area contributed by atoms with E-state index in [9.17, 15) is 9.59 Å². The highest BCUT2D eigenvalue weighted by Crippen LogP contribution is 2.31. The summed E-state index contributed by atoms with van der Waals surface area (Å²) >= 11 is 0. The van der Waals surface area contributed by atoms with Crippen LogP contribution < -0.4 is 5.32 Å². The molecule has 0 unspecified atom stereocenters. The number of hydrogen-bond donors (Lipinski definition) is 1. The Morgan fingerprint density at radius 1 is 1.15 bits per heavy atom. The van der Waals surface area contributed by atoms with Crippen molar-refractivity contribution in [2.24, 2.45) is 0 Å². The molecule has 0 saturated carbocycles. The standard InChI is InChI=1S/C14H24N2O4/c1-13(2,3)15-11(17)10-12(18)16-6-4-14(5-7-16)19-8-9-20-14/h4-10H2,1-3H3,(H,15,17). The van der Waals surface area contributed by atoms with Crippen LogP contribution in [0.1, 0.15) is 40.0 Å². The molecule has 20 heavy (non-hydrogen) atoms. The van der Waals surface area contributed by atoms with Gasteiger partial charge in [-0.1, -0.05) is 0 Å². The van der Waals surface area contributed by atoms with E-state index in [2.05, 4.69) is 5.32 Å². The number of amides is 2. The van der Waals surface area contributed by atoms with Gasteiger partial charge in [-0.05, 0) is 20.8 Å². The van der Waals surface area contributed by atoms with Crippen molar-refractivity contribution in [3.05, 3.63) is 0 Å². The third-order valence-corrected chi connectivity index (χ3v) is 3.52. The van der Waals surface area contributed by atoms with Crippen LogP contribution in [0.15, 0.2) is 0 Å². The zero-order valence-electron chi connectivity index (χ0n) is 12.5. The van der Waals surface area contributed by atoms with Gasteiger partial charge >= 0.3 is 0 Å². The van der Waals surface area contributed by atoms with Gasteiger partial charge in [0.15, 0.2) is 5.79 Å². The molecule has 0 aliphatic carbocycles. The predicted molar refractivity (Wildman–Crippen MR) is 73.0 cm³/mol. The number of likely N-dealkylation sites (tertiary alicyclic amines) is 1. The molecule has 2 amide bonds. The Morgan fingerprint density at radius 3 is 2.20 bits per heavy atom. The summed E-state index contributed by atoms with van der Waals surface area (Å²) < 4.78 is 11.2. The third-order valence-electron chi connectivity index (χ3n) is 3.52. The van der Waals surface area contributed by atoms with Crippen LogP contribution in [0.3, 0.4) is 0 Å². The normalized spacial score (nSPS) is 22.1. The van der Waals surface area contributed by atoms with E-state index >= 15 is 0 Å². The number of carbonyl (C=O) groups excluding carboxylic acids is 2. The molecule has 0 aromatic rings. The molecule has 2 fully saturated rings. The number of nitrogens with one attached hydrogen (secondary N) is 1. The first-order chi connectivity index (χ1) is 9.30. The fraction of sp³-hybridized carbons (Fsp3) is 0.857. The Bertz CT molecular complexity index is 373. The van der Waals surface area contributed by atoms with Crippen LogP contribution in [0.25, 0.3) is 0 Å². The van der Waals surface area contributed by atoms with Crippen LogP contribution in [0.2, 0.25) is 0 Å². The highest BCUT2D eigenvalue weighted by atomic mass is 16.7. The van der Waals surface area contributed by atoms with Crippen LogP contribution in [0, 0.1) is 0 Å². The van der Waals surface area contributed by atoms with Crippen LogP contribution >= 0.6 is 0 Å². The van der Waals surface area contributed by atoms with Crippen molar-refractivity contribution < 1.29 is 19.1 Å². The van der Waals surface area contributed by atoms with Crippen molar-refractivity contribution in [2.45, 2.75) is 51.4 Å². The maximum Gasteiger partial charge on any atom is 0.232 e. The third kappa shape index (κ3) is 3.93. The maximum atomic E-state index is 12.1. The van der Waals surface area contributed by atoms with Crippen molar-refractivity contribution in [1.29, 1.82) is 0 Å². The Labute approximate surface area is 119 Å². The Morgan fingerprint density at radius 2 is 1.70 bits per heavy atom. The lowest BCUT2D eigenvalue weighted by Crippen LogP contribution is -2.49. The van der Waals surface area contributed by atoms with E-state index in [0.29, 0.717) is 39.1 Å². The van der Waals surface area contributed by atoms with E-state index in [-0.39, 0.29) is 23.8 Å². The van der Waals surface area contributed by atoms with Crippen LogP contribution in [0.4, 0.5) is 0 Å². The SMILES string of the molecule is CC(C)(C)NC(=O)CC(=O)N1CCC2(CC1)OCCO2. The fourth-order valence-electron chi connectivity index (χ4n) is 2.59. The summed E-state index contributed by atoms with van der Waals surface area (Å²) in [4.78, 5) is 25.6. The zero-order chi connectivity index (χ0) is 14.8. The number of ether oxygens (including phenoxy) is 2. The van der Waals surface area contributed by atoms with E-state index in [4.69, 9.17) is 9.47 Å². The summed E-state index contributed by atoms with van der Waals surface area (Å²) in [5.74, 6) is -0.833.